The molecule has 1 aliphatic rings. The summed E-state index contributed by atoms with van der Waals surface area (Å²) < 4.78 is 51.4. The van der Waals surface area contributed by atoms with E-state index in [1.807, 2.05) is 0 Å². The van der Waals surface area contributed by atoms with Crippen molar-refractivity contribution in [2.24, 2.45) is 0 Å². The van der Waals surface area contributed by atoms with E-state index in [1.165, 1.54) is 0 Å². The summed E-state index contributed by atoms with van der Waals surface area (Å²) in [6.07, 6.45) is 2.25. The standard InChI is InChI=1S/C13H19FN2O5S/c1-19-13(5-7-20-8-6-13)9-15-12-10(14)3-4-11(16-12)21-22(2,17)18/h3-4H,5-9H2,1-2H3,(H,15,16). The molecule has 0 saturated carbocycles. The zero-order valence-corrected chi connectivity index (χ0v) is 13.3. The molecule has 0 unspecified atom stereocenters. The summed E-state index contributed by atoms with van der Waals surface area (Å²) >= 11 is 0. The minimum Gasteiger partial charge on any atom is -0.381 e. The maximum absolute atomic E-state index is 13.8. The number of nitrogens with zero attached hydrogens (tertiary/aromatic N) is 1. The van der Waals surface area contributed by atoms with Crippen LogP contribution in [-0.2, 0) is 19.6 Å². The highest BCUT2D eigenvalue weighted by atomic mass is 32.2. The average molecular weight is 334 g/mol. The minimum atomic E-state index is -3.71. The Morgan fingerprint density at radius 2 is 2.09 bits per heavy atom. The first-order valence-corrected chi connectivity index (χ1v) is 8.58. The van der Waals surface area contributed by atoms with Crippen LogP contribution in [0.5, 0.6) is 5.88 Å². The molecule has 7 nitrogen and oxygen atoms in total. The summed E-state index contributed by atoms with van der Waals surface area (Å²) in [5.74, 6) is -0.868. The van der Waals surface area contributed by atoms with Crippen LogP contribution in [0.25, 0.3) is 0 Å². The molecule has 1 aliphatic heterocycles. The maximum atomic E-state index is 13.8. The highest BCUT2D eigenvalue weighted by Gasteiger charge is 2.32. The van der Waals surface area contributed by atoms with Gasteiger partial charge in [0, 0.05) is 45.8 Å². The van der Waals surface area contributed by atoms with E-state index in [-0.39, 0.29) is 11.7 Å². The highest BCUT2D eigenvalue weighted by molar-refractivity contribution is 7.86. The van der Waals surface area contributed by atoms with Crippen molar-refractivity contribution in [3.05, 3.63) is 17.9 Å². The molecule has 2 rings (SSSR count). The van der Waals surface area contributed by atoms with Gasteiger partial charge in [-0.25, -0.2) is 4.39 Å². The van der Waals surface area contributed by atoms with Gasteiger partial charge in [0.25, 0.3) is 0 Å². The third-order valence-electron chi connectivity index (χ3n) is 3.47. The van der Waals surface area contributed by atoms with E-state index in [2.05, 4.69) is 14.5 Å². The van der Waals surface area contributed by atoms with Crippen LogP contribution < -0.4 is 9.50 Å². The zero-order chi connectivity index (χ0) is 16.2. The van der Waals surface area contributed by atoms with Crippen molar-refractivity contribution < 1.29 is 26.5 Å². The Kier molecular flexibility index (Phi) is 5.20. The number of aromatic nitrogens is 1. The molecule has 2 heterocycles. The molecule has 1 N–H and O–H groups in total. The molecule has 1 fully saturated rings. The van der Waals surface area contributed by atoms with Gasteiger partial charge < -0.3 is 19.0 Å². The van der Waals surface area contributed by atoms with Gasteiger partial charge in [0.2, 0.25) is 5.88 Å². The lowest BCUT2D eigenvalue weighted by Gasteiger charge is -2.36. The Morgan fingerprint density at radius 3 is 2.68 bits per heavy atom. The van der Waals surface area contributed by atoms with Crippen LogP contribution in [0.1, 0.15) is 12.8 Å². The fourth-order valence-electron chi connectivity index (χ4n) is 2.19. The molecule has 0 aromatic carbocycles. The van der Waals surface area contributed by atoms with Gasteiger partial charge in [0.05, 0.1) is 11.9 Å². The summed E-state index contributed by atoms with van der Waals surface area (Å²) in [5.41, 5.74) is -0.458. The van der Waals surface area contributed by atoms with Gasteiger partial charge in [0.1, 0.15) is 0 Å². The molecule has 0 amide bonds. The molecule has 0 spiro atoms. The van der Waals surface area contributed by atoms with Crippen LogP contribution in [-0.4, -0.2) is 52.1 Å². The minimum absolute atomic E-state index is 0.0796. The van der Waals surface area contributed by atoms with E-state index < -0.39 is 21.5 Å². The summed E-state index contributed by atoms with van der Waals surface area (Å²) in [6, 6.07) is 2.25. The first-order chi connectivity index (χ1) is 10.3. The average Bonchev–Trinajstić information content (AvgIpc) is 2.47. The maximum Gasteiger partial charge on any atom is 0.307 e. The number of pyridine rings is 1. The van der Waals surface area contributed by atoms with Gasteiger partial charge in [-0.1, -0.05) is 0 Å². The fourth-order valence-corrected chi connectivity index (χ4v) is 2.59. The van der Waals surface area contributed by atoms with Gasteiger partial charge in [-0.3, -0.25) is 0 Å². The fraction of sp³-hybridized carbons (Fsp3) is 0.615. The number of hydrogen-bond donors (Lipinski definition) is 1. The Labute approximate surface area is 128 Å². The van der Waals surface area contributed by atoms with E-state index in [4.69, 9.17) is 9.47 Å². The molecule has 0 atom stereocenters. The molecule has 0 bridgehead atoms. The summed E-state index contributed by atoms with van der Waals surface area (Å²) in [5, 5.41) is 2.86. The lowest BCUT2D eigenvalue weighted by Crippen LogP contribution is -2.44. The molecule has 22 heavy (non-hydrogen) atoms. The first-order valence-electron chi connectivity index (χ1n) is 6.76. The van der Waals surface area contributed by atoms with E-state index in [1.54, 1.807) is 7.11 Å². The molecule has 0 aliphatic carbocycles. The van der Waals surface area contributed by atoms with Crippen molar-refractivity contribution in [2.45, 2.75) is 18.4 Å². The molecule has 1 saturated heterocycles. The van der Waals surface area contributed by atoms with E-state index in [9.17, 15) is 12.8 Å². The second kappa shape index (κ2) is 6.76. The van der Waals surface area contributed by atoms with Crippen LogP contribution in [0.4, 0.5) is 10.2 Å². The van der Waals surface area contributed by atoms with E-state index in [0.29, 0.717) is 32.6 Å². The van der Waals surface area contributed by atoms with Crippen LogP contribution in [0.2, 0.25) is 0 Å². The zero-order valence-electron chi connectivity index (χ0n) is 12.5. The number of hydrogen-bond acceptors (Lipinski definition) is 7. The SMILES string of the molecule is COC1(CNc2nc(OS(C)(=O)=O)ccc2F)CCOCC1. The monoisotopic (exact) mass is 334 g/mol. The van der Waals surface area contributed by atoms with Crippen LogP contribution >= 0.6 is 0 Å². The van der Waals surface area contributed by atoms with Crippen molar-refractivity contribution in [1.29, 1.82) is 0 Å². The molecular formula is C13H19FN2O5S. The topological polar surface area (TPSA) is 86.8 Å². The van der Waals surface area contributed by atoms with Crippen molar-refractivity contribution in [1.82, 2.24) is 4.98 Å². The second-order valence-electron chi connectivity index (χ2n) is 5.12. The van der Waals surface area contributed by atoms with Gasteiger partial charge in [-0.15, -0.1) is 0 Å². The van der Waals surface area contributed by atoms with Gasteiger partial charge in [0.15, 0.2) is 11.6 Å². The van der Waals surface area contributed by atoms with Gasteiger partial charge in [-0.2, -0.15) is 13.4 Å². The summed E-state index contributed by atoms with van der Waals surface area (Å²) in [7, 11) is -2.12. The number of rotatable bonds is 6. The van der Waals surface area contributed by atoms with Gasteiger partial charge in [-0.05, 0) is 6.07 Å². The third kappa shape index (κ3) is 4.52. The number of halogens is 1. The van der Waals surface area contributed by atoms with Crippen molar-refractivity contribution >= 4 is 15.9 Å². The second-order valence-corrected chi connectivity index (χ2v) is 6.70. The number of ether oxygens (including phenoxy) is 2. The Bertz CT molecular complexity index is 617. The van der Waals surface area contributed by atoms with Crippen LogP contribution in [0.15, 0.2) is 12.1 Å². The summed E-state index contributed by atoms with van der Waals surface area (Å²) in [4.78, 5) is 3.83. The Hall–Kier alpha value is -1.45. The predicted molar refractivity (Wildman–Crippen MR) is 77.9 cm³/mol. The molecule has 1 aromatic heterocycles. The normalized spacial score (nSPS) is 18.0. The highest BCUT2D eigenvalue weighted by Crippen LogP contribution is 2.26. The van der Waals surface area contributed by atoms with Crippen LogP contribution in [0.3, 0.4) is 0 Å². The van der Waals surface area contributed by atoms with Crippen molar-refractivity contribution in [2.75, 3.05) is 38.4 Å². The van der Waals surface area contributed by atoms with E-state index in [0.717, 1.165) is 18.4 Å². The van der Waals surface area contributed by atoms with E-state index >= 15 is 0 Å². The molecule has 0 radical (unpaired) electrons. The largest absolute Gasteiger partial charge is 0.381 e. The predicted octanol–water partition coefficient (Wildman–Crippen LogP) is 1.17. The lowest BCUT2D eigenvalue weighted by molar-refractivity contribution is -0.0807. The molecule has 124 valence electrons. The first kappa shape index (κ1) is 16.9. The van der Waals surface area contributed by atoms with Crippen molar-refractivity contribution in [3.8, 4) is 5.88 Å². The number of anilines is 1. The Balaban J connectivity index is 2.09. The van der Waals surface area contributed by atoms with Crippen molar-refractivity contribution in [3.63, 3.8) is 0 Å². The molecule has 1 aromatic rings. The molecule has 9 heteroatoms. The van der Waals surface area contributed by atoms with Gasteiger partial charge >= 0.3 is 10.1 Å². The third-order valence-corrected chi connectivity index (χ3v) is 3.95. The van der Waals surface area contributed by atoms with Crippen LogP contribution in [0, 0.1) is 5.82 Å². The molecular weight excluding hydrogens is 315 g/mol. The number of nitrogens with one attached hydrogen (secondary N) is 1. The smallest absolute Gasteiger partial charge is 0.307 e. The lowest BCUT2D eigenvalue weighted by atomic mass is 9.94. The number of methoxy groups -OCH3 is 1. The summed E-state index contributed by atoms with van der Waals surface area (Å²) in [6.45, 7) is 1.48. The Morgan fingerprint density at radius 1 is 1.41 bits per heavy atom. The quantitative estimate of drug-likeness (QED) is 0.781.